The van der Waals surface area contributed by atoms with Gasteiger partial charge in [-0.1, -0.05) is 9.97 Å². The average molecular weight is 305 g/mol. The third-order valence-electron chi connectivity index (χ3n) is 3.24. The van der Waals surface area contributed by atoms with Crippen LogP contribution in [0.4, 0.5) is 10.2 Å². The molecule has 0 spiro atoms. The van der Waals surface area contributed by atoms with Gasteiger partial charge in [0.15, 0.2) is 18.0 Å². The molecule has 3 rings (SSSR count). The Morgan fingerprint density at radius 1 is 1.60 bits per heavy atom. The van der Waals surface area contributed by atoms with Gasteiger partial charge in [-0.15, -0.1) is 0 Å². The number of hydrogen-bond acceptors (Lipinski definition) is 6. The third-order valence-corrected chi connectivity index (χ3v) is 3.51. The first-order valence-corrected chi connectivity index (χ1v) is 6.20. The van der Waals surface area contributed by atoms with Gasteiger partial charge in [-0.25, -0.2) is 4.39 Å². The number of nitrogens with one attached hydrogen (secondary N) is 1. The lowest BCUT2D eigenvalue weighted by Crippen LogP contribution is -2.47. The summed E-state index contributed by atoms with van der Waals surface area (Å²) in [5.74, 6) is 0.117. The maximum Gasteiger partial charge on any atom is 0.339 e. The van der Waals surface area contributed by atoms with Gasteiger partial charge in [0, 0.05) is 0 Å². The lowest BCUT2D eigenvalue weighted by molar-refractivity contribution is -0.743. The maximum absolute atomic E-state index is 14.2. The first kappa shape index (κ1) is 13.4. The number of imidazole rings is 1. The summed E-state index contributed by atoms with van der Waals surface area (Å²) >= 11 is 5.98. The molecule has 1 aliphatic heterocycles. The van der Waals surface area contributed by atoms with Crippen molar-refractivity contribution >= 4 is 28.6 Å². The molecule has 1 saturated heterocycles. The SMILES string of the molecule is Nc1nc(Cl)[n+]([C@@H]2O[C@H](CO)[C@@H](O)[C@@H]2F)c2nc[nH]c12. The molecule has 0 amide bonds. The number of fused-ring (bicyclic) bond motifs is 1. The number of H-pyrrole nitrogens is 1. The zero-order chi connectivity index (χ0) is 14.4. The van der Waals surface area contributed by atoms with E-state index in [2.05, 4.69) is 15.0 Å². The number of halogens is 2. The van der Waals surface area contributed by atoms with Crippen LogP contribution in [0.25, 0.3) is 11.2 Å². The fourth-order valence-corrected chi connectivity index (χ4v) is 2.51. The Morgan fingerprint density at radius 2 is 2.35 bits per heavy atom. The van der Waals surface area contributed by atoms with Gasteiger partial charge < -0.3 is 25.7 Å². The highest BCUT2D eigenvalue weighted by molar-refractivity contribution is 6.27. The van der Waals surface area contributed by atoms with Crippen molar-refractivity contribution in [3.8, 4) is 0 Å². The number of nitrogens with zero attached hydrogens (tertiary/aromatic N) is 3. The number of nitrogens with two attached hydrogens (primary N) is 1. The summed E-state index contributed by atoms with van der Waals surface area (Å²) in [5, 5.41) is 18.6. The van der Waals surface area contributed by atoms with Crippen LogP contribution in [-0.2, 0) is 4.74 Å². The second kappa shape index (κ2) is 4.77. The minimum absolute atomic E-state index is 0.117. The maximum atomic E-state index is 14.2. The number of aromatic amines is 1. The summed E-state index contributed by atoms with van der Waals surface area (Å²) in [7, 11) is 0. The number of anilines is 1. The van der Waals surface area contributed by atoms with Crippen LogP contribution in [0.5, 0.6) is 0 Å². The van der Waals surface area contributed by atoms with Gasteiger partial charge >= 0.3 is 5.28 Å². The quantitative estimate of drug-likeness (QED) is 0.420. The van der Waals surface area contributed by atoms with Crippen LogP contribution in [0.15, 0.2) is 6.33 Å². The number of rotatable bonds is 2. The van der Waals surface area contributed by atoms with E-state index >= 15 is 0 Å². The normalized spacial score (nSPS) is 30.2. The number of aliphatic hydroxyl groups is 2. The summed E-state index contributed by atoms with van der Waals surface area (Å²) in [6, 6.07) is 0. The molecule has 2 aromatic heterocycles. The van der Waals surface area contributed by atoms with Crippen molar-refractivity contribution in [3.63, 3.8) is 0 Å². The Morgan fingerprint density at radius 3 is 3.00 bits per heavy atom. The molecular formula is C10H12ClFN5O3+. The number of hydrogen-bond donors (Lipinski definition) is 4. The van der Waals surface area contributed by atoms with Gasteiger partial charge in [0.2, 0.25) is 12.0 Å². The van der Waals surface area contributed by atoms with E-state index in [1.54, 1.807) is 0 Å². The van der Waals surface area contributed by atoms with Crippen molar-refractivity contribution in [2.45, 2.75) is 24.6 Å². The second-order valence-corrected chi connectivity index (χ2v) is 4.76. The van der Waals surface area contributed by atoms with E-state index in [4.69, 9.17) is 27.2 Å². The van der Waals surface area contributed by atoms with E-state index in [0.29, 0.717) is 5.52 Å². The fraction of sp³-hybridized carbons (Fsp3) is 0.500. The van der Waals surface area contributed by atoms with Crippen LogP contribution < -0.4 is 10.3 Å². The van der Waals surface area contributed by atoms with Crippen LogP contribution in [0.3, 0.4) is 0 Å². The van der Waals surface area contributed by atoms with E-state index in [-0.39, 0.29) is 16.7 Å². The molecular weight excluding hydrogens is 293 g/mol. The zero-order valence-corrected chi connectivity index (χ0v) is 10.8. The van der Waals surface area contributed by atoms with Gasteiger partial charge in [-0.3, -0.25) is 0 Å². The number of alkyl halides is 1. The minimum Gasteiger partial charge on any atom is -0.394 e. The molecule has 0 unspecified atom stereocenters. The van der Waals surface area contributed by atoms with Gasteiger partial charge in [0.05, 0.1) is 6.61 Å². The number of ether oxygens (including phenoxy) is 1. The first-order valence-electron chi connectivity index (χ1n) is 5.82. The van der Waals surface area contributed by atoms with Crippen LogP contribution in [-0.4, -0.2) is 50.2 Å². The Kier molecular flexibility index (Phi) is 3.21. The number of aromatic nitrogens is 4. The van der Waals surface area contributed by atoms with Gasteiger partial charge in [0.1, 0.15) is 12.2 Å². The molecule has 4 atom stereocenters. The number of aliphatic hydroxyl groups excluding tert-OH is 2. The minimum atomic E-state index is -1.78. The molecule has 108 valence electrons. The predicted molar refractivity (Wildman–Crippen MR) is 65.4 cm³/mol. The summed E-state index contributed by atoms with van der Waals surface area (Å²) in [5.41, 5.74) is 6.31. The van der Waals surface area contributed by atoms with Crippen LogP contribution >= 0.6 is 11.6 Å². The summed E-state index contributed by atoms with van der Waals surface area (Å²) in [6.45, 7) is -0.512. The fourth-order valence-electron chi connectivity index (χ4n) is 2.24. The molecule has 0 radical (unpaired) electrons. The van der Waals surface area contributed by atoms with Crippen molar-refractivity contribution in [1.82, 2.24) is 15.0 Å². The smallest absolute Gasteiger partial charge is 0.339 e. The highest BCUT2D eigenvalue weighted by Crippen LogP contribution is 2.30. The predicted octanol–water partition coefficient (Wildman–Crippen LogP) is -0.930. The first-order chi connectivity index (χ1) is 9.54. The molecule has 1 aliphatic rings. The molecule has 8 nitrogen and oxygen atoms in total. The molecule has 3 heterocycles. The summed E-state index contributed by atoms with van der Waals surface area (Å²) < 4.78 is 20.6. The van der Waals surface area contributed by atoms with Gasteiger partial charge in [0.25, 0.3) is 5.65 Å². The Hall–Kier alpha value is -1.55. The lowest BCUT2D eigenvalue weighted by atomic mass is 10.1. The summed E-state index contributed by atoms with van der Waals surface area (Å²) in [4.78, 5) is 10.6. The second-order valence-electron chi connectivity index (χ2n) is 4.42. The van der Waals surface area contributed by atoms with Crippen molar-refractivity contribution in [2.24, 2.45) is 0 Å². The van der Waals surface area contributed by atoms with E-state index in [1.807, 2.05) is 0 Å². The molecule has 0 saturated carbocycles. The van der Waals surface area contributed by atoms with Crippen molar-refractivity contribution in [3.05, 3.63) is 11.6 Å². The largest absolute Gasteiger partial charge is 0.394 e. The van der Waals surface area contributed by atoms with Crippen molar-refractivity contribution < 1.29 is 23.9 Å². The van der Waals surface area contributed by atoms with Crippen molar-refractivity contribution in [1.29, 1.82) is 0 Å². The topological polar surface area (TPSA) is 121 Å². The average Bonchev–Trinajstić information content (AvgIpc) is 2.99. The van der Waals surface area contributed by atoms with Gasteiger partial charge in [-0.05, 0) is 11.6 Å². The van der Waals surface area contributed by atoms with E-state index < -0.39 is 31.2 Å². The van der Waals surface area contributed by atoms with Crippen molar-refractivity contribution in [2.75, 3.05) is 12.3 Å². The molecule has 10 heteroatoms. The van der Waals surface area contributed by atoms with Crippen LogP contribution in [0, 0.1) is 0 Å². The van der Waals surface area contributed by atoms with Crippen LogP contribution in [0.1, 0.15) is 6.23 Å². The molecule has 0 aliphatic carbocycles. The van der Waals surface area contributed by atoms with E-state index in [1.165, 1.54) is 10.9 Å². The lowest BCUT2D eigenvalue weighted by Gasteiger charge is -2.13. The molecule has 20 heavy (non-hydrogen) atoms. The highest BCUT2D eigenvalue weighted by atomic mass is 35.5. The number of nitrogen functional groups attached to an aromatic ring is 1. The molecule has 1 fully saturated rings. The molecule has 0 bridgehead atoms. The summed E-state index contributed by atoms with van der Waals surface area (Å²) in [6.07, 6.45) is -4.16. The Bertz CT molecular complexity index is 653. The van der Waals surface area contributed by atoms with E-state index in [0.717, 1.165) is 0 Å². The standard InChI is InChI=1S/C10H11ClFN5O3/c11-10-16-7(13)5-8(15-2-14-5)17(10)9-4(12)6(19)3(1-18)20-9/h2-4,6,9,18-19H,1H2,(H2,13,14,15)/p+1/t3-,4+,6-,9-/m1/s1. The zero-order valence-electron chi connectivity index (χ0n) is 10.1. The monoisotopic (exact) mass is 304 g/mol. The van der Waals surface area contributed by atoms with E-state index in [9.17, 15) is 9.50 Å². The highest BCUT2D eigenvalue weighted by Gasteiger charge is 2.48. The molecule has 0 aromatic carbocycles. The third kappa shape index (κ3) is 1.82. The Labute approximate surface area is 117 Å². The Balaban J connectivity index is 2.13. The van der Waals surface area contributed by atoms with Gasteiger partial charge in [-0.2, -0.15) is 4.57 Å². The molecule has 2 aromatic rings. The van der Waals surface area contributed by atoms with Crippen LogP contribution in [0.2, 0.25) is 5.28 Å². The molecule has 5 N–H and O–H groups in total.